The minimum atomic E-state index is -3.79. The lowest BCUT2D eigenvalue weighted by Crippen LogP contribution is -2.41. The van der Waals surface area contributed by atoms with E-state index >= 15 is 0 Å². The Balaban J connectivity index is 1.98. The quantitative estimate of drug-likeness (QED) is 0.599. The number of alkyl halides is 1. The fourth-order valence-corrected chi connectivity index (χ4v) is 4.79. The predicted octanol–water partition coefficient (Wildman–Crippen LogP) is 3.77. The van der Waals surface area contributed by atoms with Crippen LogP contribution in [0.3, 0.4) is 0 Å². The van der Waals surface area contributed by atoms with E-state index in [0.717, 1.165) is 5.56 Å². The van der Waals surface area contributed by atoms with Gasteiger partial charge in [-0.2, -0.15) is 4.31 Å². The number of nitro groups is 1. The summed E-state index contributed by atoms with van der Waals surface area (Å²) in [5.74, 6) is 0. The highest BCUT2D eigenvalue weighted by atomic mass is 32.2. The molecule has 3 rings (SSSR count). The summed E-state index contributed by atoms with van der Waals surface area (Å²) in [6.07, 6.45) is -0.947. The zero-order chi connectivity index (χ0) is 18.9. The van der Waals surface area contributed by atoms with E-state index in [2.05, 4.69) is 0 Å². The molecule has 2 aromatic carbocycles. The van der Waals surface area contributed by atoms with Gasteiger partial charge < -0.3 is 0 Å². The van der Waals surface area contributed by atoms with Crippen LogP contribution in [0.15, 0.2) is 53.4 Å². The number of nitrogens with zero attached hydrogens (tertiary/aromatic N) is 2. The normalized spacial score (nSPS) is 21.5. The van der Waals surface area contributed by atoms with Crippen LogP contribution >= 0.6 is 0 Å². The van der Waals surface area contributed by atoms with Gasteiger partial charge in [0.15, 0.2) is 0 Å². The van der Waals surface area contributed by atoms with Crippen molar-refractivity contribution in [2.45, 2.75) is 36.9 Å². The van der Waals surface area contributed by atoms with E-state index in [9.17, 15) is 22.9 Å². The lowest BCUT2D eigenvalue weighted by molar-refractivity contribution is -0.384. The van der Waals surface area contributed by atoms with Crippen molar-refractivity contribution < 1.29 is 17.7 Å². The molecule has 0 unspecified atom stereocenters. The number of aryl methyl sites for hydroxylation is 1. The Morgan fingerprint density at radius 2 is 1.73 bits per heavy atom. The molecule has 6 nitrogen and oxygen atoms in total. The molecule has 1 heterocycles. The third-order valence-electron chi connectivity index (χ3n) is 4.61. The number of benzene rings is 2. The number of hydrogen-bond acceptors (Lipinski definition) is 4. The van der Waals surface area contributed by atoms with Crippen molar-refractivity contribution in [1.29, 1.82) is 0 Å². The van der Waals surface area contributed by atoms with E-state index in [0.29, 0.717) is 5.56 Å². The Hall–Kier alpha value is -2.32. The summed E-state index contributed by atoms with van der Waals surface area (Å²) in [5, 5.41) is 10.8. The highest BCUT2D eigenvalue weighted by molar-refractivity contribution is 7.89. The molecule has 1 aliphatic rings. The minimum absolute atomic E-state index is 0.0307. The first-order valence-corrected chi connectivity index (χ1v) is 9.70. The standard InChI is InChI=1S/C18H19FN2O4S/c1-13-2-8-17(9-3-13)26(24,25)20-11-10-15(19)12-18(20)14-4-6-16(7-5-14)21(22)23/h2-9,15,18H,10-12H2,1H3/t15-,18-/m1/s1. The zero-order valence-corrected chi connectivity index (χ0v) is 15.0. The van der Waals surface area contributed by atoms with Gasteiger partial charge in [0.1, 0.15) is 6.17 Å². The summed E-state index contributed by atoms with van der Waals surface area (Å²) in [5.41, 5.74) is 1.40. The summed E-state index contributed by atoms with van der Waals surface area (Å²) in [7, 11) is -3.79. The summed E-state index contributed by atoms with van der Waals surface area (Å²) in [6, 6.07) is 11.5. The molecule has 26 heavy (non-hydrogen) atoms. The Bertz CT molecular complexity index is 898. The van der Waals surface area contributed by atoms with Crippen molar-refractivity contribution in [3.05, 3.63) is 69.8 Å². The maximum absolute atomic E-state index is 14.0. The first-order valence-electron chi connectivity index (χ1n) is 8.26. The monoisotopic (exact) mass is 378 g/mol. The average molecular weight is 378 g/mol. The molecule has 138 valence electrons. The molecule has 2 aromatic rings. The van der Waals surface area contributed by atoms with Crippen LogP contribution in [0.5, 0.6) is 0 Å². The first-order chi connectivity index (χ1) is 12.3. The topological polar surface area (TPSA) is 80.5 Å². The predicted molar refractivity (Wildman–Crippen MR) is 95.0 cm³/mol. The van der Waals surface area contributed by atoms with Crippen LogP contribution in [0.4, 0.5) is 10.1 Å². The molecule has 0 N–H and O–H groups in total. The van der Waals surface area contributed by atoms with Gasteiger partial charge >= 0.3 is 0 Å². The maximum atomic E-state index is 14.0. The molecule has 2 atom stereocenters. The second-order valence-electron chi connectivity index (χ2n) is 6.41. The lowest BCUT2D eigenvalue weighted by Gasteiger charge is -2.36. The summed E-state index contributed by atoms with van der Waals surface area (Å²) in [4.78, 5) is 10.5. The van der Waals surface area contributed by atoms with Crippen molar-refractivity contribution in [3.63, 3.8) is 0 Å². The summed E-state index contributed by atoms with van der Waals surface area (Å²) in [6.45, 7) is 1.93. The number of hydrogen-bond donors (Lipinski definition) is 0. The second-order valence-corrected chi connectivity index (χ2v) is 8.31. The minimum Gasteiger partial charge on any atom is -0.258 e. The highest BCUT2D eigenvalue weighted by Gasteiger charge is 2.37. The fraction of sp³-hybridized carbons (Fsp3) is 0.333. The highest BCUT2D eigenvalue weighted by Crippen LogP contribution is 2.37. The average Bonchev–Trinajstić information content (AvgIpc) is 2.62. The number of halogens is 1. The molecular formula is C18H19FN2O4S. The van der Waals surface area contributed by atoms with Crippen LogP contribution in [0.2, 0.25) is 0 Å². The van der Waals surface area contributed by atoms with E-state index in [1.807, 2.05) is 6.92 Å². The van der Waals surface area contributed by atoms with Gasteiger partial charge in [-0.1, -0.05) is 29.8 Å². The third kappa shape index (κ3) is 3.61. The third-order valence-corrected chi connectivity index (χ3v) is 6.53. The fourth-order valence-electron chi connectivity index (χ4n) is 3.15. The number of sulfonamides is 1. The van der Waals surface area contributed by atoms with Crippen LogP contribution in [-0.2, 0) is 10.0 Å². The van der Waals surface area contributed by atoms with Crippen LogP contribution < -0.4 is 0 Å². The van der Waals surface area contributed by atoms with Gasteiger partial charge in [0, 0.05) is 18.7 Å². The van der Waals surface area contributed by atoms with Crippen LogP contribution in [0.1, 0.15) is 30.0 Å². The number of non-ortho nitro benzene ring substituents is 1. The van der Waals surface area contributed by atoms with Crippen molar-refractivity contribution in [3.8, 4) is 0 Å². The maximum Gasteiger partial charge on any atom is 0.269 e. The van der Waals surface area contributed by atoms with Gasteiger partial charge in [-0.3, -0.25) is 10.1 Å². The Morgan fingerprint density at radius 1 is 1.12 bits per heavy atom. The Kier molecular flexibility index (Phi) is 5.06. The van der Waals surface area contributed by atoms with Gasteiger partial charge in [0.25, 0.3) is 5.69 Å². The van der Waals surface area contributed by atoms with Crippen molar-refractivity contribution >= 4 is 15.7 Å². The summed E-state index contributed by atoms with van der Waals surface area (Å²) < 4.78 is 41.4. The van der Waals surface area contributed by atoms with Gasteiger partial charge in [-0.05, 0) is 37.5 Å². The van der Waals surface area contributed by atoms with E-state index in [1.165, 1.54) is 28.6 Å². The number of piperidine rings is 1. The van der Waals surface area contributed by atoms with E-state index in [4.69, 9.17) is 0 Å². The molecule has 1 aliphatic heterocycles. The van der Waals surface area contributed by atoms with Crippen LogP contribution in [0, 0.1) is 17.0 Å². The molecule has 0 aliphatic carbocycles. The van der Waals surface area contributed by atoms with Gasteiger partial charge in [0.05, 0.1) is 15.9 Å². The molecule has 0 saturated carbocycles. The van der Waals surface area contributed by atoms with Gasteiger partial charge in [-0.15, -0.1) is 0 Å². The summed E-state index contributed by atoms with van der Waals surface area (Å²) >= 11 is 0. The van der Waals surface area contributed by atoms with E-state index < -0.39 is 27.2 Å². The van der Waals surface area contributed by atoms with Gasteiger partial charge in [0.2, 0.25) is 10.0 Å². The lowest BCUT2D eigenvalue weighted by atomic mass is 9.96. The molecular weight excluding hydrogens is 359 g/mol. The Morgan fingerprint density at radius 3 is 2.31 bits per heavy atom. The van der Waals surface area contributed by atoms with E-state index in [-0.39, 0.29) is 30.0 Å². The first kappa shape index (κ1) is 18.5. The molecule has 0 amide bonds. The molecule has 1 fully saturated rings. The van der Waals surface area contributed by atoms with Crippen LogP contribution in [-0.4, -0.2) is 30.4 Å². The molecule has 0 bridgehead atoms. The molecule has 0 radical (unpaired) electrons. The SMILES string of the molecule is Cc1ccc(S(=O)(=O)N2CC[C@@H](F)C[C@@H]2c2ccc([N+](=O)[O-])cc2)cc1. The molecule has 1 saturated heterocycles. The number of rotatable bonds is 4. The number of nitro benzene ring substituents is 1. The second kappa shape index (κ2) is 7.13. The Labute approximate surface area is 151 Å². The van der Waals surface area contributed by atoms with E-state index in [1.54, 1.807) is 24.3 Å². The largest absolute Gasteiger partial charge is 0.269 e. The van der Waals surface area contributed by atoms with Crippen LogP contribution in [0.25, 0.3) is 0 Å². The van der Waals surface area contributed by atoms with Crippen molar-refractivity contribution in [1.82, 2.24) is 4.31 Å². The van der Waals surface area contributed by atoms with Crippen molar-refractivity contribution in [2.75, 3.05) is 6.54 Å². The van der Waals surface area contributed by atoms with Crippen molar-refractivity contribution in [2.24, 2.45) is 0 Å². The van der Waals surface area contributed by atoms with Gasteiger partial charge in [-0.25, -0.2) is 12.8 Å². The molecule has 8 heteroatoms. The molecule has 0 spiro atoms. The molecule has 0 aromatic heterocycles. The zero-order valence-electron chi connectivity index (χ0n) is 14.2. The smallest absolute Gasteiger partial charge is 0.258 e.